The zero-order valence-electron chi connectivity index (χ0n) is 16.0. The van der Waals surface area contributed by atoms with Crippen LogP contribution in [-0.2, 0) is 11.3 Å². The fraction of sp³-hybridized carbons (Fsp3) is 0.550. The normalized spacial score (nSPS) is 16.9. The zero-order valence-corrected chi connectivity index (χ0v) is 16.8. The van der Waals surface area contributed by atoms with Gasteiger partial charge in [-0.3, -0.25) is 4.79 Å². The fourth-order valence-corrected chi connectivity index (χ4v) is 4.05. The molecule has 1 amide bonds. The van der Waals surface area contributed by atoms with Gasteiger partial charge < -0.3 is 15.5 Å². The van der Waals surface area contributed by atoms with Crippen LogP contribution in [0.1, 0.15) is 43.9 Å². The molecule has 6 nitrogen and oxygen atoms in total. The second-order valence-corrected chi connectivity index (χ2v) is 8.07. The quantitative estimate of drug-likeness (QED) is 0.687. The van der Waals surface area contributed by atoms with Crippen LogP contribution >= 0.6 is 11.3 Å². The lowest BCUT2D eigenvalue weighted by molar-refractivity contribution is -0.121. The first-order valence-corrected chi connectivity index (χ1v) is 10.7. The highest BCUT2D eigenvalue weighted by Crippen LogP contribution is 2.25. The first kappa shape index (κ1) is 19.6. The summed E-state index contributed by atoms with van der Waals surface area (Å²) in [5.74, 6) is 2.55. The molecule has 0 aliphatic carbocycles. The van der Waals surface area contributed by atoms with E-state index in [0.29, 0.717) is 18.9 Å². The molecule has 0 saturated carbocycles. The number of hydrogen-bond donors (Lipinski definition) is 2. The van der Waals surface area contributed by atoms with Crippen molar-refractivity contribution >= 4 is 28.9 Å². The summed E-state index contributed by atoms with van der Waals surface area (Å²) in [7, 11) is 0. The molecule has 2 aromatic rings. The van der Waals surface area contributed by atoms with Crippen LogP contribution in [0.2, 0.25) is 0 Å². The predicted octanol–water partition coefficient (Wildman–Crippen LogP) is 3.67. The van der Waals surface area contributed by atoms with Gasteiger partial charge in [0.15, 0.2) is 0 Å². The van der Waals surface area contributed by atoms with E-state index in [1.165, 1.54) is 11.3 Å². The monoisotopic (exact) mass is 387 g/mol. The maximum atomic E-state index is 12.1. The highest BCUT2D eigenvalue weighted by atomic mass is 32.1. The molecule has 1 saturated heterocycles. The number of thiophene rings is 1. The maximum absolute atomic E-state index is 12.1. The van der Waals surface area contributed by atoms with Crippen LogP contribution in [0.25, 0.3) is 0 Å². The van der Waals surface area contributed by atoms with Gasteiger partial charge in [-0.25, -0.2) is 9.97 Å². The Morgan fingerprint density at radius 1 is 1.41 bits per heavy atom. The third-order valence-electron chi connectivity index (χ3n) is 4.87. The van der Waals surface area contributed by atoms with Crippen LogP contribution in [-0.4, -0.2) is 35.5 Å². The maximum Gasteiger partial charge on any atom is 0.220 e. The van der Waals surface area contributed by atoms with Crippen LogP contribution < -0.4 is 15.5 Å². The zero-order chi connectivity index (χ0) is 18.9. The summed E-state index contributed by atoms with van der Waals surface area (Å²) < 4.78 is 0. The second-order valence-electron chi connectivity index (χ2n) is 7.04. The van der Waals surface area contributed by atoms with Crippen molar-refractivity contribution in [2.24, 2.45) is 5.92 Å². The summed E-state index contributed by atoms with van der Waals surface area (Å²) in [6, 6.07) is 6.10. The number of anilines is 2. The Morgan fingerprint density at radius 3 is 3.15 bits per heavy atom. The van der Waals surface area contributed by atoms with E-state index in [1.54, 1.807) is 17.7 Å². The summed E-state index contributed by atoms with van der Waals surface area (Å²) in [4.78, 5) is 24.4. The number of hydrogen-bond acceptors (Lipinski definition) is 6. The minimum absolute atomic E-state index is 0.147. The van der Waals surface area contributed by atoms with Gasteiger partial charge in [-0.2, -0.15) is 0 Å². The molecule has 1 aliphatic rings. The summed E-state index contributed by atoms with van der Waals surface area (Å²) in [5, 5.41) is 8.38. The van der Waals surface area contributed by atoms with Gasteiger partial charge in [0.2, 0.25) is 5.91 Å². The number of aromatic nitrogens is 2. The van der Waals surface area contributed by atoms with Crippen molar-refractivity contribution in [3.63, 3.8) is 0 Å². The lowest BCUT2D eigenvalue weighted by Gasteiger charge is -2.33. The molecule has 1 atom stereocenters. The van der Waals surface area contributed by atoms with E-state index in [-0.39, 0.29) is 5.91 Å². The Labute approximate surface area is 165 Å². The number of carbonyl (C=O) groups is 1. The minimum atomic E-state index is 0.147. The topological polar surface area (TPSA) is 70.2 Å². The van der Waals surface area contributed by atoms with Gasteiger partial charge in [0.25, 0.3) is 0 Å². The van der Waals surface area contributed by atoms with Crippen LogP contribution in [0.4, 0.5) is 11.6 Å². The van der Waals surface area contributed by atoms with Gasteiger partial charge in [-0.15, -0.1) is 11.3 Å². The van der Waals surface area contributed by atoms with Gasteiger partial charge in [0.1, 0.15) is 18.0 Å². The van der Waals surface area contributed by atoms with Crippen LogP contribution in [0.5, 0.6) is 0 Å². The third kappa shape index (κ3) is 6.20. The molecule has 0 bridgehead atoms. The highest BCUT2D eigenvalue weighted by molar-refractivity contribution is 7.09. The lowest BCUT2D eigenvalue weighted by atomic mass is 9.93. The molecule has 7 heteroatoms. The average Bonchev–Trinajstić information content (AvgIpc) is 3.23. The molecule has 2 aromatic heterocycles. The summed E-state index contributed by atoms with van der Waals surface area (Å²) in [6.45, 7) is 5.68. The number of piperidine rings is 1. The molecule has 3 heterocycles. The first-order chi connectivity index (χ1) is 13.2. The molecule has 1 fully saturated rings. The highest BCUT2D eigenvalue weighted by Gasteiger charge is 2.22. The number of amides is 1. The standard InChI is InChI=1S/C20H29N5OS/c1-2-9-21-18-12-19(24-15-23-18)25-10-3-5-16(14-25)7-8-20(26)22-13-17-6-4-11-27-17/h4,6,11-12,15-16H,2-3,5,7-10,13-14H2,1H3,(H,22,26)(H,21,23,24). The number of rotatable bonds is 9. The molecule has 1 aliphatic heterocycles. The molecular formula is C20H29N5OS. The Morgan fingerprint density at radius 2 is 2.33 bits per heavy atom. The summed E-state index contributed by atoms with van der Waals surface area (Å²) in [6.07, 6.45) is 6.55. The molecule has 0 aromatic carbocycles. The van der Waals surface area contributed by atoms with Crippen molar-refractivity contribution in [1.82, 2.24) is 15.3 Å². The molecule has 146 valence electrons. The molecular weight excluding hydrogens is 358 g/mol. The van der Waals surface area contributed by atoms with Crippen LogP contribution in [0, 0.1) is 5.92 Å². The van der Waals surface area contributed by atoms with E-state index in [9.17, 15) is 4.79 Å². The molecule has 3 rings (SSSR count). The van der Waals surface area contributed by atoms with E-state index >= 15 is 0 Å². The largest absolute Gasteiger partial charge is 0.370 e. The van der Waals surface area contributed by atoms with E-state index in [4.69, 9.17) is 0 Å². The van der Waals surface area contributed by atoms with E-state index in [1.807, 2.05) is 17.5 Å². The van der Waals surface area contributed by atoms with Gasteiger partial charge in [0.05, 0.1) is 6.54 Å². The second kappa shape index (κ2) is 10.3. The summed E-state index contributed by atoms with van der Waals surface area (Å²) >= 11 is 1.68. The Hall–Kier alpha value is -2.15. The average molecular weight is 388 g/mol. The minimum Gasteiger partial charge on any atom is -0.370 e. The van der Waals surface area contributed by atoms with Crippen molar-refractivity contribution in [3.05, 3.63) is 34.8 Å². The number of carbonyl (C=O) groups excluding carboxylic acids is 1. The molecule has 2 N–H and O–H groups in total. The molecule has 0 spiro atoms. The Balaban J connectivity index is 1.45. The van der Waals surface area contributed by atoms with E-state index < -0.39 is 0 Å². The summed E-state index contributed by atoms with van der Waals surface area (Å²) in [5.41, 5.74) is 0. The smallest absolute Gasteiger partial charge is 0.220 e. The number of nitrogens with one attached hydrogen (secondary N) is 2. The Bertz CT molecular complexity index is 706. The van der Waals surface area contributed by atoms with Gasteiger partial charge in [-0.1, -0.05) is 13.0 Å². The van der Waals surface area contributed by atoms with E-state index in [0.717, 1.165) is 50.5 Å². The fourth-order valence-electron chi connectivity index (χ4n) is 3.40. The van der Waals surface area contributed by atoms with E-state index in [2.05, 4.69) is 38.5 Å². The van der Waals surface area contributed by atoms with Crippen molar-refractivity contribution in [2.75, 3.05) is 29.9 Å². The van der Waals surface area contributed by atoms with Gasteiger partial charge in [0, 0.05) is 37.0 Å². The lowest BCUT2D eigenvalue weighted by Crippen LogP contribution is -2.36. The molecule has 0 radical (unpaired) electrons. The van der Waals surface area contributed by atoms with Crippen molar-refractivity contribution in [2.45, 2.75) is 45.6 Å². The van der Waals surface area contributed by atoms with Crippen molar-refractivity contribution < 1.29 is 4.79 Å². The number of nitrogens with zero attached hydrogens (tertiary/aromatic N) is 3. The molecule has 27 heavy (non-hydrogen) atoms. The van der Waals surface area contributed by atoms with Gasteiger partial charge in [-0.05, 0) is 43.0 Å². The van der Waals surface area contributed by atoms with Gasteiger partial charge >= 0.3 is 0 Å². The van der Waals surface area contributed by atoms with Crippen molar-refractivity contribution in [3.8, 4) is 0 Å². The first-order valence-electron chi connectivity index (χ1n) is 9.84. The predicted molar refractivity (Wildman–Crippen MR) is 111 cm³/mol. The SMILES string of the molecule is CCCNc1cc(N2CCCC(CCC(=O)NCc3cccs3)C2)ncn1. The van der Waals surface area contributed by atoms with Crippen LogP contribution in [0.3, 0.4) is 0 Å². The third-order valence-corrected chi connectivity index (χ3v) is 5.75. The van der Waals surface area contributed by atoms with Crippen LogP contribution in [0.15, 0.2) is 29.9 Å². The molecule has 1 unspecified atom stereocenters. The Kier molecular flexibility index (Phi) is 7.45. The van der Waals surface area contributed by atoms with Crippen molar-refractivity contribution in [1.29, 1.82) is 0 Å².